The number of ether oxygens (including phenoxy) is 1. The standard InChI is InChI=1S/C14H26N4O5S/c1-3-15-14(20)16-11-9-12-13(19)18(5-4-7-23-2)24(21,22)8-6-17(12)10-11/h11-12H,3-10H2,1-2H3,(H2,15,16,20)/t11-,12-/m0/s1. The van der Waals surface area contributed by atoms with Crippen molar-refractivity contribution < 1.29 is 22.7 Å². The van der Waals surface area contributed by atoms with Crippen LogP contribution in [0.5, 0.6) is 0 Å². The molecule has 0 aromatic heterocycles. The lowest BCUT2D eigenvalue weighted by atomic mass is 10.1. The Morgan fingerprint density at radius 2 is 2.17 bits per heavy atom. The van der Waals surface area contributed by atoms with Crippen LogP contribution in [0.3, 0.4) is 0 Å². The van der Waals surface area contributed by atoms with Crippen LogP contribution in [-0.2, 0) is 19.6 Å². The summed E-state index contributed by atoms with van der Waals surface area (Å²) in [6.45, 7) is 3.66. The van der Waals surface area contributed by atoms with Crippen molar-refractivity contribution in [1.82, 2.24) is 19.8 Å². The van der Waals surface area contributed by atoms with E-state index in [-0.39, 0.29) is 24.4 Å². The van der Waals surface area contributed by atoms with Gasteiger partial charge in [0.1, 0.15) is 0 Å². The van der Waals surface area contributed by atoms with Crippen molar-refractivity contribution in [3.8, 4) is 0 Å². The molecule has 0 aliphatic carbocycles. The van der Waals surface area contributed by atoms with Crippen LogP contribution < -0.4 is 10.6 Å². The maximum atomic E-state index is 12.7. The van der Waals surface area contributed by atoms with Gasteiger partial charge in [0, 0.05) is 45.9 Å². The van der Waals surface area contributed by atoms with Gasteiger partial charge in [0.05, 0.1) is 11.8 Å². The van der Waals surface area contributed by atoms with Gasteiger partial charge >= 0.3 is 6.03 Å². The van der Waals surface area contributed by atoms with Gasteiger partial charge in [0.25, 0.3) is 5.91 Å². The van der Waals surface area contributed by atoms with Crippen LogP contribution in [0.4, 0.5) is 4.79 Å². The Balaban J connectivity index is 2.05. The van der Waals surface area contributed by atoms with Gasteiger partial charge < -0.3 is 15.4 Å². The SMILES string of the molecule is CCNC(=O)N[C@H]1C[C@H]2C(=O)N(CCCOC)S(=O)(=O)CCN2C1. The molecule has 2 atom stereocenters. The fraction of sp³-hybridized carbons (Fsp3) is 0.857. The van der Waals surface area contributed by atoms with Gasteiger partial charge in [0.2, 0.25) is 10.0 Å². The highest BCUT2D eigenvalue weighted by atomic mass is 32.2. The first kappa shape index (κ1) is 18.9. The molecular formula is C14H26N4O5S. The van der Waals surface area contributed by atoms with E-state index in [1.54, 1.807) is 0 Å². The van der Waals surface area contributed by atoms with Crippen molar-refractivity contribution in [1.29, 1.82) is 0 Å². The van der Waals surface area contributed by atoms with E-state index in [0.717, 1.165) is 4.31 Å². The van der Waals surface area contributed by atoms with Crippen LogP contribution in [0.15, 0.2) is 0 Å². The van der Waals surface area contributed by atoms with Crippen LogP contribution in [0.25, 0.3) is 0 Å². The molecule has 2 aliphatic heterocycles. The van der Waals surface area contributed by atoms with Crippen LogP contribution in [0, 0.1) is 0 Å². The minimum Gasteiger partial charge on any atom is -0.385 e. The number of urea groups is 1. The summed E-state index contributed by atoms with van der Waals surface area (Å²) in [6.07, 6.45) is 0.890. The molecule has 0 aromatic carbocycles. The number of nitrogens with one attached hydrogen (secondary N) is 2. The van der Waals surface area contributed by atoms with Gasteiger partial charge in [0.15, 0.2) is 0 Å². The van der Waals surface area contributed by atoms with Gasteiger partial charge in [-0.1, -0.05) is 0 Å². The number of fused-ring (bicyclic) bond motifs is 1. The van der Waals surface area contributed by atoms with Gasteiger partial charge in [-0.15, -0.1) is 0 Å². The molecule has 0 bridgehead atoms. The number of carbonyl (C=O) groups excluding carboxylic acids is 2. The van der Waals surface area contributed by atoms with E-state index in [1.165, 1.54) is 7.11 Å². The summed E-state index contributed by atoms with van der Waals surface area (Å²) in [5, 5.41) is 5.49. The minimum absolute atomic E-state index is 0.0872. The van der Waals surface area contributed by atoms with Gasteiger partial charge in [-0.05, 0) is 19.8 Å². The molecule has 0 saturated carbocycles. The van der Waals surface area contributed by atoms with Crippen molar-refractivity contribution in [2.45, 2.75) is 31.8 Å². The zero-order valence-corrected chi connectivity index (χ0v) is 15.0. The highest BCUT2D eigenvalue weighted by Gasteiger charge is 2.45. The second kappa shape index (κ2) is 8.13. The fourth-order valence-corrected chi connectivity index (χ4v) is 4.65. The van der Waals surface area contributed by atoms with E-state index in [9.17, 15) is 18.0 Å². The van der Waals surface area contributed by atoms with E-state index < -0.39 is 22.0 Å². The highest BCUT2D eigenvalue weighted by Crippen LogP contribution is 2.24. The normalized spacial score (nSPS) is 26.8. The summed E-state index contributed by atoms with van der Waals surface area (Å²) in [5.41, 5.74) is 0. The number of hydrogen-bond acceptors (Lipinski definition) is 6. The first-order valence-corrected chi connectivity index (χ1v) is 9.81. The summed E-state index contributed by atoms with van der Waals surface area (Å²) in [7, 11) is -2.06. The molecule has 10 heteroatoms. The lowest BCUT2D eigenvalue weighted by Gasteiger charge is -2.23. The van der Waals surface area contributed by atoms with E-state index in [2.05, 4.69) is 10.6 Å². The van der Waals surface area contributed by atoms with Crippen LogP contribution in [0.2, 0.25) is 0 Å². The quantitative estimate of drug-likeness (QED) is 0.584. The third kappa shape index (κ3) is 4.37. The number of amides is 3. The number of methoxy groups -OCH3 is 1. The lowest BCUT2D eigenvalue weighted by Crippen LogP contribution is -2.45. The molecule has 0 unspecified atom stereocenters. The maximum absolute atomic E-state index is 12.7. The predicted octanol–water partition coefficient (Wildman–Crippen LogP) is -1.04. The molecule has 24 heavy (non-hydrogen) atoms. The molecule has 2 N–H and O–H groups in total. The average Bonchev–Trinajstić information content (AvgIpc) is 2.88. The number of rotatable bonds is 6. The Hall–Kier alpha value is -1.39. The molecule has 138 valence electrons. The molecule has 2 fully saturated rings. The molecular weight excluding hydrogens is 336 g/mol. The predicted molar refractivity (Wildman–Crippen MR) is 88.0 cm³/mol. The summed E-state index contributed by atoms with van der Waals surface area (Å²) >= 11 is 0. The summed E-state index contributed by atoms with van der Waals surface area (Å²) in [6, 6.07) is -0.930. The molecule has 0 radical (unpaired) electrons. The Morgan fingerprint density at radius 3 is 2.83 bits per heavy atom. The summed E-state index contributed by atoms with van der Waals surface area (Å²) in [5.74, 6) is -0.486. The van der Waals surface area contributed by atoms with E-state index in [4.69, 9.17) is 4.74 Å². The fourth-order valence-electron chi connectivity index (χ4n) is 3.16. The Morgan fingerprint density at radius 1 is 1.42 bits per heavy atom. The van der Waals surface area contributed by atoms with E-state index in [0.29, 0.717) is 39.1 Å². The molecule has 0 aromatic rings. The number of nitrogens with zero attached hydrogens (tertiary/aromatic N) is 2. The minimum atomic E-state index is -3.59. The smallest absolute Gasteiger partial charge is 0.315 e. The number of carbonyl (C=O) groups is 2. The molecule has 2 aliphatic rings. The first-order valence-electron chi connectivity index (χ1n) is 8.20. The Labute approximate surface area is 142 Å². The monoisotopic (exact) mass is 362 g/mol. The van der Waals surface area contributed by atoms with Crippen LogP contribution >= 0.6 is 0 Å². The first-order chi connectivity index (χ1) is 11.4. The van der Waals surface area contributed by atoms with Gasteiger partial charge in [-0.3, -0.25) is 9.69 Å². The van der Waals surface area contributed by atoms with Crippen molar-refractivity contribution in [2.24, 2.45) is 0 Å². The summed E-state index contributed by atoms with van der Waals surface area (Å²) in [4.78, 5) is 26.2. The van der Waals surface area contributed by atoms with E-state index >= 15 is 0 Å². The molecule has 2 heterocycles. The Kier molecular flexibility index (Phi) is 6.41. The molecule has 3 amide bonds. The van der Waals surface area contributed by atoms with Gasteiger partial charge in [-0.2, -0.15) is 0 Å². The molecule has 2 rings (SSSR count). The van der Waals surface area contributed by atoms with E-state index in [1.807, 2.05) is 11.8 Å². The summed E-state index contributed by atoms with van der Waals surface area (Å²) < 4.78 is 30.6. The maximum Gasteiger partial charge on any atom is 0.315 e. The zero-order valence-electron chi connectivity index (χ0n) is 14.2. The van der Waals surface area contributed by atoms with Crippen molar-refractivity contribution in [3.05, 3.63) is 0 Å². The third-order valence-corrected chi connectivity index (χ3v) is 6.02. The largest absolute Gasteiger partial charge is 0.385 e. The molecule has 0 spiro atoms. The van der Waals surface area contributed by atoms with Crippen molar-refractivity contribution in [2.75, 3.05) is 45.6 Å². The second-order valence-corrected chi connectivity index (χ2v) is 8.03. The van der Waals surface area contributed by atoms with Gasteiger partial charge in [-0.25, -0.2) is 17.5 Å². The number of sulfonamides is 1. The Bertz CT molecular complexity index is 568. The lowest BCUT2D eigenvalue weighted by molar-refractivity contribution is -0.130. The van der Waals surface area contributed by atoms with Crippen LogP contribution in [0.1, 0.15) is 19.8 Å². The zero-order chi connectivity index (χ0) is 17.7. The number of hydrogen-bond donors (Lipinski definition) is 2. The molecule has 2 saturated heterocycles. The van der Waals surface area contributed by atoms with Crippen molar-refractivity contribution >= 4 is 22.0 Å². The van der Waals surface area contributed by atoms with Crippen molar-refractivity contribution in [3.63, 3.8) is 0 Å². The topological polar surface area (TPSA) is 108 Å². The average molecular weight is 362 g/mol. The van der Waals surface area contributed by atoms with Crippen LogP contribution in [-0.4, -0.2) is 87.3 Å². The molecule has 9 nitrogen and oxygen atoms in total. The highest BCUT2D eigenvalue weighted by molar-refractivity contribution is 7.89. The third-order valence-electron chi connectivity index (χ3n) is 4.29. The second-order valence-electron chi connectivity index (χ2n) is 6.02.